The molecule has 1 aromatic heterocycles. The highest BCUT2D eigenvalue weighted by molar-refractivity contribution is 7.09. The summed E-state index contributed by atoms with van der Waals surface area (Å²) in [6.07, 6.45) is 5.04. The number of carbonyl (C=O) groups excluding carboxylic acids is 1. The lowest BCUT2D eigenvalue weighted by atomic mass is 10.1. The second-order valence-electron chi connectivity index (χ2n) is 5.76. The Hall–Kier alpha value is -2.21. The first-order valence-electron chi connectivity index (χ1n) is 7.64. The third-order valence-corrected chi connectivity index (χ3v) is 4.83. The minimum atomic E-state index is -0.940. The number of rotatable bonds is 7. The Morgan fingerprint density at radius 1 is 1.30 bits per heavy atom. The molecule has 1 saturated carbocycles. The van der Waals surface area contributed by atoms with Gasteiger partial charge in [0.1, 0.15) is 5.01 Å². The first-order valence-corrected chi connectivity index (χ1v) is 8.52. The van der Waals surface area contributed by atoms with Gasteiger partial charge in [0.2, 0.25) is 5.91 Å². The van der Waals surface area contributed by atoms with E-state index in [1.165, 1.54) is 0 Å². The Kier molecular flexibility index (Phi) is 4.71. The average molecular weight is 330 g/mol. The van der Waals surface area contributed by atoms with Gasteiger partial charge in [-0.1, -0.05) is 12.1 Å². The van der Waals surface area contributed by atoms with Gasteiger partial charge in [0, 0.05) is 18.0 Å². The van der Waals surface area contributed by atoms with Crippen molar-refractivity contribution in [1.29, 1.82) is 0 Å². The van der Waals surface area contributed by atoms with Gasteiger partial charge >= 0.3 is 5.97 Å². The highest BCUT2D eigenvalue weighted by Gasteiger charge is 2.34. The SMILES string of the molecule is O=C(CCc1ccc(C(=O)O)cc1)N[C@@H](c1nccs1)C1CC1. The summed E-state index contributed by atoms with van der Waals surface area (Å²) < 4.78 is 0. The largest absolute Gasteiger partial charge is 0.478 e. The number of aromatic carboxylic acids is 1. The molecule has 1 fully saturated rings. The standard InChI is InChI=1S/C17H18N2O3S/c20-14(8-3-11-1-4-13(5-2-11)17(21)22)19-15(12-6-7-12)16-18-9-10-23-16/h1-2,4-5,9-10,12,15H,3,6-8H2,(H,19,20)(H,21,22)/t15-/m1/s1. The first-order chi connectivity index (χ1) is 11.1. The fourth-order valence-corrected chi connectivity index (χ4v) is 3.30. The van der Waals surface area contributed by atoms with E-state index in [-0.39, 0.29) is 17.5 Å². The molecule has 0 unspecified atom stereocenters. The van der Waals surface area contributed by atoms with Crippen LogP contribution in [0.15, 0.2) is 35.8 Å². The van der Waals surface area contributed by atoms with Gasteiger partial charge in [-0.2, -0.15) is 0 Å². The number of nitrogens with zero attached hydrogens (tertiary/aromatic N) is 1. The molecule has 1 amide bonds. The lowest BCUT2D eigenvalue weighted by Crippen LogP contribution is -2.29. The summed E-state index contributed by atoms with van der Waals surface area (Å²) in [5.74, 6) is -0.413. The molecule has 120 valence electrons. The van der Waals surface area contributed by atoms with Crippen molar-refractivity contribution in [2.24, 2.45) is 5.92 Å². The summed E-state index contributed by atoms with van der Waals surface area (Å²) in [6, 6.07) is 6.69. The summed E-state index contributed by atoms with van der Waals surface area (Å²) in [5.41, 5.74) is 1.22. The minimum absolute atomic E-state index is 0.0133. The zero-order valence-electron chi connectivity index (χ0n) is 12.6. The maximum absolute atomic E-state index is 12.2. The molecule has 0 bridgehead atoms. The molecule has 0 aliphatic heterocycles. The smallest absolute Gasteiger partial charge is 0.335 e. The number of amides is 1. The molecule has 1 aliphatic carbocycles. The van der Waals surface area contributed by atoms with Gasteiger partial charge < -0.3 is 10.4 Å². The Balaban J connectivity index is 1.53. The minimum Gasteiger partial charge on any atom is -0.478 e. The van der Waals surface area contributed by atoms with E-state index in [0.717, 1.165) is 23.4 Å². The monoisotopic (exact) mass is 330 g/mol. The molecule has 0 spiro atoms. The number of benzene rings is 1. The summed E-state index contributed by atoms with van der Waals surface area (Å²) in [7, 11) is 0. The maximum atomic E-state index is 12.2. The van der Waals surface area contributed by atoms with E-state index >= 15 is 0 Å². The molecule has 2 N–H and O–H groups in total. The van der Waals surface area contributed by atoms with Crippen LogP contribution >= 0.6 is 11.3 Å². The lowest BCUT2D eigenvalue weighted by molar-refractivity contribution is -0.122. The van der Waals surface area contributed by atoms with Crippen molar-refractivity contribution >= 4 is 23.2 Å². The molecule has 3 rings (SSSR count). The molecule has 5 nitrogen and oxygen atoms in total. The van der Waals surface area contributed by atoms with Crippen LogP contribution in [-0.4, -0.2) is 22.0 Å². The normalized spacial score (nSPS) is 15.1. The molecule has 6 heteroatoms. The topological polar surface area (TPSA) is 79.3 Å². The molecule has 2 aromatic rings. The van der Waals surface area contributed by atoms with Crippen molar-refractivity contribution in [3.8, 4) is 0 Å². The average Bonchev–Trinajstić information content (AvgIpc) is 3.25. The molecule has 23 heavy (non-hydrogen) atoms. The van der Waals surface area contributed by atoms with Crippen LogP contribution in [0.2, 0.25) is 0 Å². The number of carbonyl (C=O) groups is 2. The van der Waals surface area contributed by atoms with Crippen LogP contribution in [0.25, 0.3) is 0 Å². The summed E-state index contributed by atoms with van der Waals surface area (Å²) in [6.45, 7) is 0. The van der Waals surface area contributed by atoms with Crippen molar-refractivity contribution in [2.45, 2.75) is 31.7 Å². The van der Waals surface area contributed by atoms with E-state index in [2.05, 4.69) is 10.3 Å². The molecule has 0 saturated heterocycles. The zero-order valence-corrected chi connectivity index (χ0v) is 13.4. The van der Waals surface area contributed by atoms with Crippen molar-refractivity contribution in [3.05, 3.63) is 52.0 Å². The Morgan fingerprint density at radius 2 is 2.04 bits per heavy atom. The van der Waals surface area contributed by atoms with E-state index in [9.17, 15) is 9.59 Å². The third-order valence-electron chi connectivity index (χ3n) is 3.97. The van der Waals surface area contributed by atoms with Crippen molar-refractivity contribution in [3.63, 3.8) is 0 Å². The summed E-state index contributed by atoms with van der Waals surface area (Å²) >= 11 is 1.58. The van der Waals surface area contributed by atoms with Crippen molar-refractivity contribution in [1.82, 2.24) is 10.3 Å². The van der Waals surface area contributed by atoms with Crippen LogP contribution in [0.3, 0.4) is 0 Å². The molecular weight excluding hydrogens is 312 g/mol. The van der Waals surface area contributed by atoms with Crippen molar-refractivity contribution < 1.29 is 14.7 Å². The molecule has 1 aromatic carbocycles. The number of aromatic nitrogens is 1. The van der Waals surface area contributed by atoms with E-state index in [0.29, 0.717) is 18.8 Å². The van der Waals surface area contributed by atoms with Gasteiger partial charge in [0.05, 0.1) is 11.6 Å². The maximum Gasteiger partial charge on any atom is 0.335 e. The van der Waals surface area contributed by atoms with Crippen molar-refractivity contribution in [2.75, 3.05) is 0 Å². The van der Waals surface area contributed by atoms with E-state index in [1.807, 2.05) is 5.38 Å². The van der Waals surface area contributed by atoms with Gasteiger partial charge in [-0.15, -0.1) is 11.3 Å². The molecular formula is C17H18N2O3S. The number of hydrogen-bond donors (Lipinski definition) is 2. The van der Waals surface area contributed by atoms with Crippen LogP contribution < -0.4 is 5.32 Å². The van der Waals surface area contributed by atoms with Crippen LogP contribution in [0, 0.1) is 5.92 Å². The Labute approximate surface area is 138 Å². The fourth-order valence-electron chi connectivity index (χ4n) is 2.52. The highest BCUT2D eigenvalue weighted by atomic mass is 32.1. The van der Waals surface area contributed by atoms with Gasteiger partial charge in [0.15, 0.2) is 0 Å². The zero-order chi connectivity index (χ0) is 16.2. The van der Waals surface area contributed by atoms with Gasteiger partial charge in [-0.25, -0.2) is 9.78 Å². The lowest BCUT2D eigenvalue weighted by Gasteiger charge is -2.15. The Bertz CT molecular complexity index is 678. The van der Waals surface area contributed by atoms with Crippen LogP contribution in [-0.2, 0) is 11.2 Å². The van der Waals surface area contributed by atoms with E-state index in [1.54, 1.807) is 41.8 Å². The van der Waals surface area contributed by atoms with E-state index in [4.69, 9.17) is 5.11 Å². The molecule has 1 atom stereocenters. The van der Waals surface area contributed by atoms with Crippen LogP contribution in [0.1, 0.15) is 46.2 Å². The summed E-state index contributed by atoms with van der Waals surface area (Å²) in [4.78, 5) is 27.3. The Morgan fingerprint density at radius 3 is 2.61 bits per heavy atom. The summed E-state index contributed by atoms with van der Waals surface area (Å²) in [5, 5.41) is 14.9. The molecule has 1 heterocycles. The number of hydrogen-bond acceptors (Lipinski definition) is 4. The predicted octanol–water partition coefficient (Wildman–Crippen LogP) is 3.04. The number of thiazole rings is 1. The van der Waals surface area contributed by atoms with Gasteiger partial charge in [-0.3, -0.25) is 4.79 Å². The third kappa shape index (κ3) is 4.16. The first kappa shape index (κ1) is 15.7. The number of nitrogens with one attached hydrogen (secondary N) is 1. The fraction of sp³-hybridized carbons (Fsp3) is 0.353. The highest BCUT2D eigenvalue weighted by Crippen LogP contribution is 2.41. The number of aryl methyl sites for hydroxylation is 1. The van der Waals surface area contributed by atoms with E-state index < -0.39 is 5.97 Å². The van der Waals surface area contributed by atoms with Crippen LogP contribution in [0.4, 0.5) is 0 Å². The second-order valence-corrected chi connectivity index (χ2v) is 6.68. The number of carboxylic acid groups (broad SMARTS) is 1. The predicted molar refractivity (Wildman–Crippen MR) is 87.4 cm³/mol. The second kappa shape index (κ2) is 6.91. The molecule has 0 radical (unpaired) electrons. The number of carboxylic acids is 1. The molecule has 1 aliphatic rings. The van der Waals surface area contributed by atoms with Gasteiger partial charge in [-0.05, 0) is 42.9 Å². The van der Waals surface area contributed by atoms with Crippen LogP contribution in [0.5, 0.6) is 0 Å². The quantitative estimate of drug-likeness (QED) is 0.818. The van der Waals surface area contributed by atoms with Gasteiger partial charge in [0.25, 0.3) is 0 Å².